The zero-order valence-electron chi connectivity index (χ0n) is 10.1. The zero-order valence-corrected chi connectivity index (χ0v) is 10.9. The minimum atomic E-state index is -0.0119. The topological polar surface area (TPSA) is 32.3 Å². The van der Waals surface area contributed by atoms with Crippen LogP contribution in [0, 0.1) is 5.92 Å². The molecule has 1 heterocycles. The molecule has 0 radical (unpaired) electrons. The molecule has 0 spiro atoms. The van der Waals surface area contributed by atoms with Crippen molar-refractivity contribution in [2.75, 3.05) is 13.1 Å². The van der Waals surface area contributed by atoms with Crippen molar-refractivity contribution in [1.29, 1.82) is 0 Å². The number of hydrogen-bond acceptors (Lipinski definition) is 2. The molecule has 92 valence electrons. The first-order chi connectivity index (χ1) is 8.08. The molecule has 1 aromatic rings. The normalized spacial score (nSPS) is 20.4. The van der Waals surface area contributed by atoms with Crippen molar-refractivity contribution in [3.63, 3.8) is 0 Å². The Labute approximate surface area is 107 Å². The van der Waals surface area contributed by atoms with Gasteiger partial charge in [0, 0.05) is 11.6 Å². The average molecular weight is 253 g/mol. The van der Waals surface area contributed by atoms with Crippen LogP contribution in [-0.4, -0.2) is 23.9 Å². The lowest BCUT2D eigenvalue weighted by Gasteiger charge is -2.26. The van der Waals surface area contributed by atoms with Gasteiger partial charge in [0.25, 0.3) is 0 Å². The average Bonchev–Trinajstić information content (AvgIpc) is 2.61. The monoisotopic (exact) mass is 252 g/mol. The fourth-order valence-electron chi connectivity index (χ4n) is 2.08. The quantitative estimate of drug-likeness (QED) is 0.896. The predicted octanol–water partition coefficient (Wildman–Crippen LogP) is 2.43. The number of carbonyl (C=O) groups excluding carboxylic acids is 1. The van der Waals surface area contributed by atoms with Gasteiger partial charge in [0.15, 0.2) is 0 Å². The molecule has 0 aromatic heterocycles. The number of hydrogen-bond donors (Lipinski definition) is 1. The first-order valence-corrected chi connectivity index (χ1v) is 6.24. The summed E-state index contributed by atoms with van der Waals surface area (Å²) in [6.07, 6.45) is -0.0119. The minimum Gasteiger partial charge on any atom is -0.322 e. The Kier molecular flexibility index (Phi) is 3.69. The van der Waals surface area contributed by atoms with E-state index >= 15 is 0 Å². The van der Waals surface area contributed by atoms with Crippen LogP contribution in [-0.2, 0) is 4.79 Å². The highest BCUT2D eigenvalue weighted by Crippen LogP contribution is 2.24. The van der Waals surface area contributed by atoms with Crippen molar-refractivity contribution >= 4 is 17.5 Å². The van der Waals surface area contributed by atoms with E-state index in [1.807, 2.05) is 29.2 Å². The van der Waals surface area contributed by atoms with Gasteiger partial charge in [-0.25, -0.2) is 0 Å². The summed E-state index contributed by atoms with van der Waals surface area (Å²) >= 11 is 5.87. The van der Waals surface area contributed by atoms with Gasteiger partial charge in [0.1, 0.15) is 6.17 Å². The van der Waals surface area contributed by atoms with Gasteiger partial charge < -0.3 is 4.90 Å². The van der Waals surface area contributed by atoms with Gasteiger partial charge in [-0.05, 0) is 23.6 Å². The zero-order chi connectivity index (χ0) is 12.4. The lowest BCUT2D eigenvalue weighted by Crippen LogP contribution is -2.33. The van der Waals surface area contributed by atoms with Gasteiger partial charge in [-0.15, -0.1) is 0 Å². The fourth-order valence-corrected chi connectivity index (χ4v) is 2.21. The number of amides is 1. The second-order valence-corrected chi connectivity index (χ2v) is 5.21. The largest absolute Gasteiger partial charge is 0.322 e. The number of halogens is 1. The Hall–Kier alpha value is -1.06. The summed E-state index contributed by atoms with van der Waals surface area (Å²) in [6, 6.07) is 7.64. The van der Waals surface area contributed by atoms with Crippen molar-refractivity contribution in [3.05, 3.63) is 34.9 Å². The summed E-state index contributed by atoms with van der Waals surface area (Å²) in [5.41, 5.74) is 1.08. The standard InChI is InChI=1S/C13H17ClN2O/c1-9(2)8-16-12(17)7-15-13(16)10-3-5-11(14)6-4-10/h3-6,9,13,15H,7-8H2,1-2H3. The fraction of sp³-hybridized carbons (Fsp3) is 0.462. The van der Waals surface area contributed by atoms with Crippen molar-refractivity contribution in [1.82, 2.24) is 10.2 Å². The maximum Gasteiger partial charge on any atom is 0.238 e. The third-order valence-corrected chi connectivity index (χ3v) is 3.08. The third-order valence-electron chi connectivity index (χ3n) is 2.83. The molecule has 1 aliphatic rings. The molecule has 1 fully saturated rings. The van der Waals surface area contributed by atoms with E-state index < -0.39 is 0 Å². The van der Waals surface area contributed by atoms with Gasteiger partial charge in [0.05, 0.1) is 6.54 Å². The molecule has 1 unspecified atom stereocenters. The van der Waals surface area contributed by atoms with Gasteiger partial charge in [-0.2, -0.15) is 0 Å². The highest BCUT2D eigenvalue weighted by atomic mass is 35.5. The van der Waals surface area contributed by atoms with E-state index in [0.29, 0.717) is 17.5 Å². The maximum atomic E-state index is 11.8. The van der Waals surface area contributed by atoms with E-state index in [0.717, 1.165) is 12.1 Å². The van der Waals surface area contributed by atoms with Gasteiger partial charge in [-0.1, -0.05) is 37.6 Å². The van der Waals surface area contributed by atoms with Crippen LogP contribution >= 0.6 is 11.6 Å². The molecule has 2 rings (SSSR count). The van der Waals surface area contributed by atoms with Crippen molar-refractivity contribution in [3.8, 4) is 0 Å². The third kappa shape index (κ3) is 2.79. The number of nitrogens with zero attached hydrogens (tertiary/aromatic N) is 1. The van der Waals surface area contributed by atoms with E-state index in [2.05, 4.69) is 19.2 Å². The summed E-state index contributed by atoms with van der Waals surface area (Å²) in [6.45, 7) is 5.42. The highest BCUT2D eigenvalue weighted by molar-refractivity contribution is 6.30. The number of benzene rings is 1. The van der Waals surface area contributed by atoms with Crippen molar-refractivity contribution < 1.29 is 4.79 Å². The number of rotatable bonds is 3. The smallest absolute Gasteiger partial charge is 0.238 e. The molecule has 1 atom stereocenters. The summed E-state index contributed by atoms with van der Waals surface area (Å²) in [4.78, 5) is 13.7. The Morgan fingerprint density at radius 1 is 1.41 bits per heavy atom. The molecule has 3 nitrogen and oxygen atoms in total. The molecule has 17 heavy (non-hydrogen) atoms. The van der Waals surface area contributed by atoms with E-state index in [-0.39, 0.29) is 12.1 Å². The van der Waals surface area contributed by atoms with Crippen LogP contribution < -0.4 is 5.32 Å². The van der Waals surface area contributed by atoms with Crippen molar-refractivity contribution in [2.24, 2.45) is 5.92 Å². The van der Waals surface area contributed by atoms with Crippen LogP contribution in [0.3, 0.4) is 0 Å². The molecule has 1 amide bonds. The molecular weight excluding hydrogens is 236 g/mol. The van der Waals surface area contributed by atoms with Gasteiger partial charge in [0.2, 0.25) is 5.91 Å². The summed E-state index contributed by atoms with van der Waals surface area (Å²) < 4.78 is 0. The predicted molar refractivity (Wildman–Crippen MR) is 68.7 cm³/mol. The Morgan fingerprint density at radius 2 is 2.06 bits per heavy atom. The second kappa shape index (κ2) is 5.07. The highest BCUT2D eigenvalue weighted by Gasteiger charge is 2.31. The van der Waals surface area contributed by atoms with E-state index in [9.17, 15) is 4.79 Å². The molecule has 0 bridgehead atoms. The second-order valence-electron chi connectivity index (χ2n) is 4.77. The number of nitrogens with one attached hydrogen (secondary N) is 1. The van der Waals surface area contributed by atoms with E-state index in [1.165, 1.54) is 0 Å². The van der Waals surface area contributed by atoms with Crippen LogP contribution in [0.15, 0.2) is 24.3 Å². The van der Waals surface area contributed by atoms with Crippen LogP contribution in [0.1, 0.15) is 25.6 Å². The maximum absolute atomic E-state index is 11.8. The molecule has 1 saturated heterocycles. The molecule has 1 N–H and O–H groups in total. The van der Waals surface area contributed by atoms with E-state index in [4.69, 9.17) is 11.6 Å². The lowest BCUT2D eigenvalue weighted by molar-refractivity contribution is -0.128. The first kappa shape index (κ1) is 12.4. The molecule has 0 aliphatic carbocycles. The lowest BCUT2D eigenvalue weighted by atomic mass is 10.1. The Balaban J connectivity index is 2.19. The molecule has 4 heteroatoms. The SMILES string of the molecule is CC(C)CN1C(=O)CNC1c1ccc(Cl)cc1. The van der Waals surface area contributed by atoms with Crippen molar-refractivity contribution in [2.45, 2.75) is 20.0 Å². The molecule has 0 saturated carbocycles. The molecular formula is C13H17ClN2O. The van der Waals surface area contributed by atoms with Gasteiger partial charge >= 0.3 is 0 Å². The number of carbonyl (C=O) groups is 1. The molecule has 1 aromatic carbocycles. The summed E-state index contributed by atoms with van der Waals surface area (Å²) in [7, 11) is 0. The summed E-state index contributed by atoms with van der Waals surface area (Å²) in [5, 5.41) is 3.95. The summed E-state index contributed by atoms with van der Waals surface area (Å²) in [5.74, 6) is 0.632. The van der Waals surface area contributed by atoms with Gasteiger partial charge in [-0.3, -0.25) is 10.1 Å². The first-order valence-electron chi connectivity index (χ1n) is 5.86. The van der Waals surface area contributed by atoms with Crippen LogP contribution in [0.2, 0.25) is 5.02 Å². The Morgan fingerprint density at radius 3 is 2.65 bits per heavy atom. The van der Waals surface area contributed by atoms with Crippen LogP contribution in [0.5, 0.6) is 0 Å². The Bertz CT molecular complexity index is 402. The van der Waals surface area contributed by atoms with E-state index in [1.54, 1.807) is 0 Å². The molecule has 1 aliphatic heterocycles. The van der Waals surface area contributed by atoms with Crippen LogP contribution in [0.4, 0.5) is 0 Å². The van der Waals surface area contributed by atoms with Crippen LogP contribution in [0.25, 0.3) is 0 Å². The minimum absolute atomic E-state index is 0.0119.